The minimum Gasteiger partial charge on any atom is -0.497 e. The molecule has 4 heteroatoms. The van der Waals surface area contributed by atoms with Crippen LogP contribution in [-0.2, 0) is 0 Å². The Balaban J connectivity index is 1.89. The Kier molecular flexibility index (Phi) is 4.53. The molecule has 1 aromatic heterocycles. The molecule has 0 fully saturated rings. The SMILES string of the molecule is COc1ccc2oc(C(=O)NC(C)c3cc(C)ccc3C)c(C)c2c1. The maximum atomic E-state index is 12.7. The highest BCUT2D eigenvalue weighted by Gasteiger charge is 2.20. The van der Waals surface area contributed by atoms with Gasteiger partial charge in [0.1, 0.15) is 11.3 Å². The molecule has 1 amide bonds. The lowest BCUT2D eigenvalue weighted by Gasteiger charge is -2.17. The summed E-state index contributed by atoms with van der Waals surface area (Å²) in [6, 6.07) is 11.7. The van der Waals surface area contributed by atoms with Crippen molar-refractivity contribution in [3.05, 3.63) is 64.4 Å². The van der Waals surface area contributed by atoms with E-state index in [1.165, 1.54) is 5.56 Å². The minimum atomic E-state index is -0.207. The van der Waals surface area contributed by atoms with Crippen molar-refractivity contribution in [2.75, 3.05) is 7.11 Å². The second-order valence-corrected chi connectivity index (χ2v) is 6.47. The molecule has 4 nitrogen and oxygen atoms in total. The van der Waals surface area contributed by atoms with E-state index in [2.05, 4.69) is 30.4 Å². The number of hydrogen-bond donors (Lipinski definition) is 1. The van der Waals surface area contributed by atoms with E-state index in [0.29, 0.717) is 11.3 Å². The molecule has 130 valence electrons. The average molecular weight is 337 g/mol. The van der Waals surface area contributed by atoms with Crippen molar-refractivity contribution < 1.29 is 13.9 Å². The summed E-state index contributed by atoms with van der Waals surface area (Å²) in [6.07, 6.45) is 0. The van der Waals surface area contributed by atoms with Crippen molar-refractivity contribution in [3.8, 4) is 5.75 Å². The molecule has 2 aromatic carbocycles. The summed E-state index contributed by atoms with van der Waals surface area (Å²) in [5.41, 5.74) is 4.95. The molecule has 25 heavy (non-hydrogen) atoms. The van der Waals surface area contributed by atoms with E-state index in [1.807, 2.05) is 39.0 Å². The van der Waals surface area contributed by atoms with E-state index in [-0.39, 0.29) is 11.9 Å². The predicted molar refractivity (Wildman–Crippen MR) is 99.3 cm³/mol. The average Bonchev–Trinajstić information content (AvgIpc) is 2.93. The molecule has 1 unspecified atom stereocenters. The number of furan rings is 1. The van der Waals surface area contributed by atoms with Gasteiger partial charge in [-0.25, -0.2) is 0 Å². The molecular formula is C21H23NO3. The number of aryl methyl sites for hydroxylation is 3. The number of benzene rings is 2. The van der Waals surface area contributed by atoms with Crippen LogP contribution >= 0.6 is 0 Å². The van der Waals surface area contributed by atoms with Crippen molar-refractivity contribution in [2.24, 2.45) is 0 Å². The number of rotatable bonds is 4. The molecule has 0 bridgehead atoms. The van der Waals surface area contributed by atoms with Gasteiger partial charge < -0.3 is 14.5 Å². The van der Waals surface area contributed by atoms with Gasteiger partial charge in [-0.3, -0.25) is 4.79 Å². The van der Waals surface area contributed by atoms with Crippen molar-refractivity contribution in [2.45, 2.75) is 33.7 Å². The van der Waals surface area contributed by atoms with Crippen LogP contribution < -0.4 is 10.1 Å². The summed E-state index contributed by atoms with van der Waals surface area (Å²) >= 11 is 0. The molecule has 0 saturated carbocycles. The fraction of sp³-hybridized carbons (Fsp3) is 0.286. The number of carbonyl (C=O) groups excluding carboxylic acids is 1. The van der Waals surface area contributed by atoms with E-state index >= 15 is 0 Å². The molecule has 0 saturated heterocycles. The van der Waals surface area contributed by atoms with Crippen molar-refractivity contribution in [3.63, 3.8) is 0 Å². The van der Waals surface area contributed by atoms with Gasteiger partial charge in [0.05, 0.1) is 13.2 Å². The molecule has 1 N–H and O–H groups in total. The number of methoxy groups -OCH3 is 1. The fourth-order valence-electron chi connectivity index (χ4n) is 3.11. The van der Waals surface area contributed by atoms with Crippen LogP contribution in [-0.4, -0.2) is 13.0 Å². The molecule has 1 heterocycles. The highest BCUT2D eigenvalue weighted by atomic mass is 16.5. The predicted octanol–water partition coefficient (Wildman–Crippen LogP) is 4.86. The zero-order valence-corrected chi connectivity index (χ0v) is 15.3. The third kappa shape index (κ3) is 3.25. The van der Waals surface area contributed by atoms with Crippen LogP contribution in [0.2, 0.25) is 0 Å². The summed E-state index contributed by atoms with van der Waals surface area (Å²) in [5, 5.41) is 3.94. The molecule has 0 radical (unpaired) electrons. The van der Waals surface area contributed by atoms with Crippen LogP contribution in [0.3, 0.4) is 0 Å². The van der Waals surface area contributed by atoms with Gasteiger partial charge in [0.15, 0.2) is 5.76 Å². The van der Waals surface area contributed by atoms with Gasteiger partial charge >= 0.3 is 0 Å². The summed E-state index contributed by atoms with van der Waals surface area (Å²) in [4.78, 5) is 12.7. The first-order chi connectivity index (χ1) is 11.9. The van der Waals surface area contributed by atoms with Gasteiger partial charge in [-0.15, -0.1) is 0 Å². The second-order valence-electron chi connectivity index (χ2n) is 6.47. The fourth-order valence-corrected chi connectivity index (χ4v) is 3.11. The third-order valence-electron chi connectivity index (χ3n) is 4.60. The second kappa shape index (κ2) is 6.63. The van der Waals surface area contributed by atoms with E-state index in [0.717, 1.165) is 27.8 Å². The lowest BCUT2D eigenvalue weighted by Crippen LogP contribution is -2.27. The molecule has 0 spiro atoms. The maximum absolute atomic E-state index is 12.7. The molecule has 0 aliphatic rings. The number of ether oxygens (including phenoxy) is 1. The van der Waals surface area contributed by atoms with Crippen LogP contribution in [0, 0.1) is 20.8 Å². The topological polar surface area (TPSA) is 51.5 Å². The molecule has 0 aliphatic carbocycles. The Morgan fingerprint density at radius 3 is 2.60 bits per heavy atom. The standard InChI is InChI=1S/C21H23NO3/c1-12-6-7-13(2)17(10-12)15(4)22-21(23)20-14(3)18-11-16(24-5)8-9-19(18)25-20/h6-11,15H,1-5H3,(H,22,23). The highest BCUT2D eigenvalue weighted by molar-refractivity contribution is 5.99. The Morgan fingerprint density at radius 1 is 1.12 bits per heavy atom. The first-order valence-corrected chi connectivity index (χ1v) is 8.36. The smallest absolute Gasteiger partial charge is 0.287 e. The van der Waals surface area contributed by atoms with Gasteiger partial charge in [0, 0.05) is 10.9 Å². The Hall–Kier alpha value is -2.75. The Labute approximate surface area is 147 Å². The summed E-state index contributed by atoms with van der Waals surface area (Å²) in [6.45, 7) is 7.98. The minimum absolute atomic E-state index is 0.102. The summed E-state index contributed by atoms with van der Waals surface area (Å²) in [5.74, 6) is 0.883. The van der Waals surface area contributed by atoms with E-state index in [9.17, 15) is 4.79 Å². The molecule has 3 rings (SSSR count). The monoisotopic (exact) mass is 337 g/mol. The maximum Gasteiger partial charge on any atom is 0.287 e. The van der Waals surface area contributed by atoms with Gasteiger partial charge in [-0.1, -0.05) is 23.8 Å². The molecular weight excluding hydrogens is 314 g/mol. The quantitative estimate of drug-likeness (QED) is 0.740. The number of amides is 1. The van der Waals surface area contributed by atoms with Gasteiger partial charge in [0.2, 0.25) is 0 Å². The van der Waals surface area contributed by atoms with Gasteiger partial charge in [-0.2, -0.15) is 0 Å². The number of fused-ring (bicyclic) bond motifs is 1. The Morgan fingerprint density at radius 2 is 1.88 bits per heavy atom. The van der Waals surface area contributed by atoms with Crippen molar-refractivity contribution in [1.82, 2.24) is 5.32 Å². The van der Waals surface area contributed by atoms with Crippen LogP contribution in [0.1, 0.15) is 45.8 Å². The van der Waals surface area contributed by atoms with E-state index < -0.39 is 0 Å². The van der Waals surface area contributed by atoms with Crippen LogP contribution in [0.15, 0.2) is 40.8 Å². The number of nitrogens with one attached hydrogen (secondary N) is 1. The van der Waals surface area contributed by atoms with Crippen LogP contribution in [0.25, 0.3) is 11.0 Å². The first-order valence-electron chi connectivity index (χ1n) is 8.36. The van der Waals surface area contributed by atoms with Crippen LogP contribution in [0.5, 0.6) is 5.75 Å². The lowest BCUT2D eigenvalue weighted by atomic mass is 10.00. The number of hydrogen-bond acceptors (Lipinski definition) is 3. The number of carbonyl (C=O) groups is 1. The van der Waals surface area contributed by atoms with Crippen LogP contribution in [0.4, 0.5) is 0 Å². The molecule has 3 aromatic rings. The lowest BCUT2D eigenvalue weighted by molar-refractivity contribution is 0.0913. The van der Waals surface area contributed by atoms with Crippen molar-refractivity contribution in [1.29, 1.82) is 0 Å². The largest absolute Gasteiger partial charge is 0.497 e. The van der Waals surface area contributed by atoms with E-state index in [1.54, 1.807) is 7.11 Å². The highest BCUT2D eigenvalue weighted by Crippen LogP contribution is 2.29. The summed E-state index contributed by atoms with van der Waals surface area (Å²) < 4.78 is 11.0. The van der Waals surface area contributed by atoms with Gasteiger partial charge in [-0.05, 0) is 57.0 Å². The zero-order chi connectivity index (χ0) is 18.1. The zero-order valence-electron chi connectivity index (χ0n) is 15.3. The molecule has 1 atom stereocenters. The normalized spacial score (nSPS) is 12.2. The third-order valence-corrected chi connectivity index (χ3v) is 4.60. The van der Waals surface area contributed by atoms with Crippen molar-refractivity contribution >= 4 is 16.9 Å². The first kappa shape index (κ1) is 17.1. The van der Waals surface area contributed by atoms with Gasteiger partial charge in [0.25, 0.3) is 5.91 Å². The summed E-state index contributed by atoms with van der Waals surface area (Å²) in [7, 11) is 1.62. The van der Waals surface area contributed by atoms with E-state index in [4.69, 9.17) is 9.15 Å². The molecule has 0 aliphatic heterocycles. The Bertz CT molecular complexity index is 940.